The Labute approximate surface area is 128 Å². The van der Waals surface area contributed by atoms with Crippen LogP contribution in [0, 0.1) is 11.7 Å². The number of carbonyl (C=O) groups excluding carboxylic acids is 1. The fourth-order valence-corrected chi connectivity index (χ4v) is 4.08. The lowest BCUT2D eigenvalue weighted by Crippen LogP contribution is -2.17. The Morgan fingerprint density at radius 1 is 1.48 bits per heavy atom. The van der Waals surface area contributed by atoms with Gasteiger partial charge in [0.25, 0.3) is 5.91 Å². The van der Waals surface area contributed by atoms with Gasteiger partial charge in [-0.3, -0.25) is 4.79 Å². The predicted molar refractivity (Wildman–Crippen MR) is 84.5 cm³/mol. The minimum absolute atomic E-state index is 0.131. The van der Waals surface area contributed by atoms with Crippen molar-refractivity contribution in [2.24, 2.45) is 5.92 Å². The van der Waals surface area contributed by atoms with Crippen molar-refractivity contribution in [2.45, 2.75) is 32.6 Å². The SMILES string of the molecule is CCC1CCc2c(C(=O)Nc3cccc(F)c3)csc2C1. The van der Waals surface area contributed by atoms with Crippen molar-refractivity contribution < 1.29 is 9.18 Å². The van der Waals surface area contributed by atoms with Gasteiger partial charge in [-0.15, -0.1) is 11.3 Å². The summed E-state index contributed by atoms with van der Waals surface area (Å²) >= 11 is 1.68. The number of amides is 1. The first-order valence-corrected chi connectivity index (χ1v) is 8.21. The van der Waals surface area contributed by atoms with E-state index in [1.54, 1.807) is 23.5 Å². The molecule has 21 heavy (non-hydrogen) atoms. The molecule has 1 N–H and O–H groups in total. The van der Waals surface area contributed by atoms with Crippen LogP contribution in [0.3, 0.4) is 0 Å². The molecule has 2 aromatic rings. The van der Waals surface area contributed by atoms with Gasteiger partial charge in [-0.05, 0) is 48.9 Å². The van der Waals surface area contributed by atoms with E-state index in [-0.39, 0.29) is 11.7 Å². The number of hydrogen-bond donors (Lipinski definition) is 1. The summed E-state index contributed by atoms with van der Waals surface area (Å²) in [4.78, 5) is 13.7. The van der Waals surface area contributed by atoms with E-state index in [0.717, 1.165) is 30.7 Å². The molecule has 4 heteroatoms. The van der Waals surface area contributed by atoms with Crippen molar-refractivity contribution >= 4 is 22.9 Å². The summed E-state index contributed by atoms with van der Waals surface area (Å²) in [6, 6.07) is 6.00. The third-order valence-electron chi connectivity index (χ3n) is 4.16. The van der Waals surface area contributed by atoms with E-state index in [2.05, 4.69) is 12.2 Å². The summed E-state index contributed by atoms with van der Waals surface area (Å²) in [5, 5.41) is 4.73. The molecule has 1 amide bonds. The minimum Gasteiger partial charge on any atom is -0.322 e. The molecule has 3 rings (SSSR count). The molecule has 1 aromatic carbocycles. The first-order valence-electron chi connectivity index (χ1n) is 7.33. The molecule has 0 saturated heterocycles. The Morgan fingerprint density at radius 3 is 3.10 bits per heavy atom. The highest BCUT2D eigenvalue weighted by Crippen LogP contribution is 2.34. The molecule has 1 aromatic heterocycles. The van der Waals surface area contributed by atoms with Crippen LogP contribution in [0.2, 0.25) is 0 Å². The van der Waals surface area contributed by atoms with E-state index in [9.17, 15) is 9.18 Å². The van der Waals surface area contributed by atoms with Crippen molar-refractivity contribution in [3.8, 4) is 0 Å². The van der Waals surface area contributed by atoms with Crippen molar-refractivity contribution in [1.82, 2.24) is 0 Å². The van der Waals surface area contributed by atoms with E-state index in [0.29, 0.717) is 5.69 Å². The van der Waals surface area contributed by atoms with Crippen LogP contribution in [0.15, 0.2) is 29.6 Å². The zero-order chi connectivity index (χ0) is 14.8. The summed E-state index contributed by atoms with van der Waals surface area (Å²) in [6.45, 7) is 2.22. The van der Waals surface area contributed by atoms with E-state index in [4.69, 9.17) is 0 Å². The molecule has 0 radical (unpaired) electrons. The second kappa shape index (κ2) is 5.98. The summed E-state index contributed by atoms with van der Waals surface area (Å²) in [5.41, 5.74) is 2.45. The van der Waals surface area contributed by atoms with Crippen LogP contribution in [0.4, 0.5) is 10.1 Å². The molecule has 2 nitrogen and oxygen atoms in total. The Kier molecular flexibility index (Phi) is 4.06. The lowest BCUT2D eigenvalue weighted by Gasteiger charge is -2.21. The van der Waals surface area contributed by atoms with Crippen molar-refractivity contribution in [1.29, 1.82) is 0 Å². The first kappa shape index (κ1) is 14.3. The fourth-order valence-electron chi connectivity index (χ4n) is 2.88. The summed E-state index contributed by atoms with van der Waals surface area (Å²) < 4.78 is 13.2. The largest absolute Gasteiger partial charge is 0.322 e. The lowest BCUT2D eigenvalue weighted by molar-refractivity contribution is 0.102. The summed E-state index contributed by atoms with van der Waals surface area (Å²) in [7, 11) is 0. The van der Waals surface area contributed by atoms with Gasteiger partial charge in [0.1, 0.15) is 5.82 Å². The molecule has 0 bridgehead atoms. The van der Waals surface area contributed by atoms with E-state index in [1.807, 2.05) is 5.38 Å². The van der Waals surface area contributed by atoms with Gasteiger partial charge in [0, 0.05) is 15.9 Å². The van der Waals surface area contributed by atoms with Gasteiger partial charge in [0.2, 0.25) is 0 Å². The maximum absolute atomic E-state index is 13.2. The number of thiophene rings is 1. The summed E-state index contributed by atoms with van der Waals surface area (Å²) in [5.74, 6) is 0.272. The molecule has 0 aliphatic heterocycles. The Bertz CT molecular complexity index is 665. The first-order chi connectivity index (χ1) is 10.2. The van der Waals surface area contributed by atoms with Gasteiger partial charge in [-0.25, -0.2) is 4.39 Å². The maximum atomic E-state index is 13.2. The molecule has 1 heterocycles. The van der Waals surface area contributed by atoms with E-state index in [1.165, 1.54) is 29.0 Å². The number of nitrogens with one attached hydrogen (secondary N) is 1. The third-order valence-corrected chi connectivity index (χ3v) is 5.21. The van der Waals surface area contributed by atoms with Crippen LogP contribution in [0.5, 0.6) is 0 Å². The normalized spacial score (nSPS) is 17.3. The molecule has 0 saturated carbocycles. The van der Waals surface area contributed by atoms with Gasteiger partial charge in [-0.2, -0.15) is 0 Å². The predicted octanol–water partition coefficient (Wildman–Crippen LogP) is 4.65. The van der Waals surface area contributed by atoms with Crippen molar-refractivity contribution in [2.75, 3.05) is 5.32 Å². The molecular formula is C17H18FNOS. The Morgan fingerprint density at radius 2 is 2.33 bits per heavy atom. The molecule has 0 fully saturated rings. The molecule has 1 atom stereocenters. The molecule has 1 unspecified atom stereocenters. The second-order valence-corrected chi connectivity index (χ2v) is 6.50. The second-order valence-electron chi connectivity index (χ2n) is 5.53. The molecule has 1 aliphatic rings. The van der Waals surface area contributed by atoms with E-state index < -0.39 is 0 Å². The van der Waals surface area contributed by atoms with Crippen LogP contribution in [0.25, 0.3) is 0 Å². The van der Waals surface area contributed by atoms with Gasteiger partial charge < -0.3 is 5.32 Å². The van der Waals surface area contributed by atoms with Gasteiger partial charge in [0.05, 0.1) is 5.56 Å². The average Bonchev–Trinajstić information content (AvgIpc) is 2.90. The molecule has 1 aliphatic carbocycles. The number of halogens is 1. The van der Waals surface area contributed by atoms with Crippen LogP contribution in [0.1, 0.15) is 40.6 Å². The third kappa shape index (κ3) is 3.00. The zero-order valence-electron chi connectivity index (χ0n) is 12.0. The summed E-state index contributed by atoms with van der Waals surface area (Å²) in [6.07, 6.45) is 4.41. The van der Waals surface area contributed by atoms with Crippen LogP contribution < -0.4 is 5.32 Å². The quantitative estimate of drug-likeness (QED) is 0.878. The highest BCUT2D eigenvalue weighted by atomic mass is 32.1. The molecular weight excluding hydrogens is 285 g/mol. The maximum Gasteiger partial charge on any atom is 0.256 e. The van der Waals surface area contributed by atoms with Crippen LogP contribution in [-0.2, 0) is 12.8 Å². The smallest absolute Gasteiger partial charge is 0.256 e. The number of fused-ring (bicyclic) bond motifs is 1. The van der Waals surface area contributed by atoms with Crippen molar-refractivity contribution in [3.63, 3.8) is 0 Å². The van der Waals surface area contributed by atoms with Crippen molar-refractivity contribution in [3.05, 3.63) is 51.5 Å². The Balaban J connectivity index is 1.79. The number of carbonyl (C=O) groups is 1. The zero-order valence-corrected chi connectivity index (χ0v) is 12.8. The number of rotatable bonds is 3. The average molecular weight is 303 g/mol. The molecule has 0 spiro atoms. The number of benzene rings is 1. The monoisotopic (exact) mass is 303 g/mol. The van der Waals surface area contributed by atoms with Gasteiger partial charge in [0.15, 0.2) is 0 Å². The fraction of sp³-hybridized carbons (Fsp3) is 0.353. The van der Waals surface area contributed by atoms with Gasteiger partial charge >= 0.3 is 0 Å². The Hall–Kier alpha value is -1.68. The molecule has 110 valence electrons. The standard InChI is InChI=1S/C17H18FNOS/c1-2-11-6-7-14-15(10-21-16(14)8-11)17(20)19-13-5-3-4-12(18)9-13/h3-5,9-11H,2,6-8H2,1H3,(H,19,20). The topological polar surface area (TPSA) is 29.1 Å². The van der Waals surface area contributed by atoms with Crippen LogP contribution >= 0.6 is 11.3 Å². The lowest BCUT2D eigenvalue weighted by atomic mass is 9.86. The van der Waals surface area contributed by atoms with E-state index >= 15 is 0 Å². The minimum atomic E-state index is -0.342. The highest BCUT2D eigenvalue weighted by Gasteiger charge is 2.24. The number of hydrogen-bond acceptors (Lipinski definition) is 2. The van der Waals surface area contributed by atoms with Crippen LogP contribution in [-0.4, -0.2) is 5.91 Å². The van der Waals surface area contributed by atoms with Gasteiger partial charge in [-0.1, -0.05) is 19.4 Å². The highest BCUT2D eigenvalue weighted by molar-refractivity contribution is 7.10. The number of anilines is 1.